The van der Waals surface area contributed by atoms with Gasteiger partial charge in [-0.15, -0.1) is 0 Å². The number of amides is 1. The molecule has 6 rings (SSSR count). The minimum atomic E-state index is -0.547. The van der Waals surface area contributed by atoms with Gasteiger partial charge < -0.3 is 15.1 Å². The summed E-state index contributed by atoms with van der Waals surface area (Å²) in [7, 11) is 0. The van der Waals surface area contributed by atoms with Gasteiger partial charge in [-0.3, -0.25) is 9.69 Å². The molecule has 1 saturated carbocycles. The van der Waals surface area contributed by atoms with Crippen LogP contribution in [0.3, 0.4) is 0 Å². The predicted molar refractivity (Wildman–Crippen MR) is 96.8 cm³/mol. The number of fused-ring (bicyclic) bond motifs is 4. The van der Waals surface area contributed by atoms with Crippen LogP contribution >= 0.6 is 0 Å². The maximum absolute atomic E-state index is 13.0. The second-order valence-corrected chi connectivity index (χ2v) is 9.05. The van der Waals surface area contributed by atoms with E-state index in [4.69, 9.17) is 0 Å². The fourth-order valence-corrected chi connectivity index (χ4v) is 7.61. The minimum absolute atomic E-state index is 0.0149. The van der Waals surface area contributed by atoms with Gasteiger partial charge in [-0.25, -0.2) is 0 Å². The Morgan fingerprint density at radius 1 is 1.27 bits per heavy atom. The van der Waals surface area contributed by atoms with Crippen LogP contribution in [0.5, 0.6) is 0 Å². The van der Waals surface area contributed by atoms with E-state index in [0.29, 0.717) is 17.9 Å². The molecule has 1 aliphatic carbocycles. The molecule has 138 valence electrons. The molecule has 2 bridgehead atoms. The Balaban J connectivity index is 1.58. The van der Waals surface area contributed by atoms with Crippen molar-refractivity contribution in [1.29, 1.82) is 0 Å². The van der Waals surface area contributed by atoms with E-state index in [9.17, 15) is 15.0 Å². The molecule has 7 atom stereocenters. The van der Waals surface area contributed by atoms with Crippen LogP contribution in [0.1, 0.15) is 31.2 Å². The van der Waals surface area contributed by atoms with Gasteiger partial charge in [0.2, 0.25) is 5.91 Å². The third-order valence-electron chi connectivity index (χ3n) is 8.34. The van der Waals surface area contributed by atoms with E-state index in [1.807, 2.05) is 6.07 Å². The van der Waals surface area contributed by atoms with Crippen molar-refractivity contribution in [2.24, 2.45) is 17.8 Å². The van der Waals surface area contributed by atoms with E-state index in [1.165, 1.54) is 5.56 Å². The van der Waals surface area contributed by atoms with Crippen molar-refractivity contribution >= 4 is 11.6 Å². The first-order valence-corrected chi connectivity index (χ1v) is 10.1. The molecule has 1 spiro atoms. The maximum Gasteiger partial charge on any atom is 0.229 e. The Labute approximate surface area is 153 Å². The number of carbonyl (C=O) groups is 1. The third-order valence-corrected chi connectivity index (χ3v) is 8.34. The number of hydrogen-bond donors (Lipinski definition) is 2. The summed E-state index contributed by atoms with van der Waals surface area (Å²) in [5, 5.41) is 20.6. The monoisotopic (exact) mass is 354 g/mol. The van der Waals surface area contributed by atoms with Crippen molar-refractivity contribution in [3.63, 3.8) is 0 Å². The highest BCUT2D eigenvalue weighted by atomic mass is 16.3. The molecule has 1 amide bonds. The van der Waals surface area contributed by atoms with Crippen molar-refractivity contribution in [3.8, 4) is 0 Å². The van der Waals surface area contributed by atoms with Gasteiger partial charge in [0, 0.05) is 36.2 Å². The highest BCUT2D eigenvalue weighted by Gasteiger charge is 2.70. The molecule has 0 radical (unpaired) electrons. The van der Waals surface area contributed by atoms with Gasteiger partial charge in [0.1, 0.15) is 0 Å². The van der Waals surface area contributed by atoms with Crippen LogP contribution < -0.4 is 4.90 Å². The van der Waals surface area contributed by atoms with Crippen molar-refractivity contribution in [2.75, 3.05) is 24.6 Å². The molecule has 4 aliphatic heterocycles. The molecule has 3 saturated heterocycles. The molecule has 5 aliphatic rings. The van der Waals surface area contributed by atoms with Crippen LogP contribution in [0.2, 0.25) is 0 Å². The molecule has 2 N–H and O–H groups in total. The second kappa shape index (κ2) is 5.09. The second-order valence-electron chi connectivity index (χ2n) is 9.05. The van der Waals surface area contributed by atoms with Crippen LogP contribution in [0.4, 0.5) is 5.69 Å². The normalized spacial score (nSPS) is 45.6. The quantitative estimate of drug-likeness (QED) is 0.836. The first-order valence-electron chi connectivity index (χ1n) is 10.1. The summed E-state index contributed by atoms with van der Waals surface area (Å²) in [5.74, 6) is 1.04. The first-order chi connectivity index (χ1) is 12.7. The first kappa shape index (κ1) is 15.6. The van der Waals surface area contributed by atoms with Crippen molar-refractivity contribution in [3.05, 3.63) is 29.8 Å². The van der Waals surface area contributed by atoms with Gasteiger partial charge in [-0.1, -0.05) is 18.2 Å². The van der Waals surface area contributed by atoms with Crippen LogP contribution in [0.15, 0.2) is 24.3 Å². The van der Waals surface area contributed by atoms with Crippen molar-refractivity contribution < 1.29 is 15.0 Å². The van der Waals surface area contributed by atoms with Crippen molar-refractivity contribution in [1.82, 2.24) is 4.90 Å². The summed E-state index contributed by atoms with van der Waals surface area (Å²) in [6.07, 6.45) is 2.67. The zero-order valence-electron chi connectivity index (χ0n) is 14.9. The van der Waals surface area contributed by atoms with E-state index in [-0.39, 0.29) is 36.3 Å². The zero-order valence-corrected chi connectivity index (χ0v) is 14.9. The Morgan fingerprint density at radius 2 is 2.12 bits per heavy atom. The van der Waals surface area contributed by atoms with Gasteiger partial charge in [0.15, 0.2) is 0 Å². The van der Waals surface area contributed by atoms with Crippen LogP contribution in [0, 0.1) is 17.8 Å². The Kier molecular flexibility index (Phi) is 3.06. The number of piperidine rings is 2. The third kappa shape index (κ3) is 1.62. The number of aliphatic hydroxyl groups excluding tert-OH is 2. The molecule has 5 nitrogen and oxygen atoms in total. The predicted octanol–water partition coefficient (Wildman–Crippen LogP) is 1.13. The van der Waals surface area contributed by atoms with Crippen molar-refractivity contribution in [2.45, 2.75) is 49.3 Å². The van der Waals surface area contributed by atoms with E-state index in [2.05, 4.69) is 28.0 Å². The fraction of sp³-hybridized carbons (Fsp3) is 0.667. The highest BCUT2D eigenvalue weighted by molar-refractivity contribution is 5.99. The Morgan fingerprint density at radius 3 is 2.96 bits per heavy atom. The van der Waals surface area contributed by atoms with Gasteiger partial charge in [0.05, 0.1) is 18.6 Å². The number of anilines is 1. The summed E-state index contributed by atoms with van der Waals surface area (Å²) in [6, 6.07) is 9.03. The lowest BCUT2D eigenvalue weighted by Gasteiger charge is -2.60. The lowest BCUT2D eigenvalue weighted by atomic mass is 9.52. The highest BCUT2D eigenvalue weighted by Crippen LogP contribution is 2.65. The van der Waals surface area contributed by atoms with Gasteiger partial charge in [-0.05, 0) is 49.3 Å². The largest absolute Gasteiger partial charge is 0.396 e. The van der Waals surface area contributed by atoms with Gasteiger partial charge in [0.25, 0.3) is 0 Å². The minimum Gasteiger partial charge on any atom is -0.396 e. The van der Waals surface area contributed by atoms with Crippen LogP contribution in [0.25, 0.3) is 0 Å². The lowest BCUT2D eigenvalue weighted by molar-refractivity contribution is -0.135. The molecule has 5 heteroatoms. The summed E-state index contributed by atoms with van der Waals surface area (Å²) < 4.78 is 0. The van der Waals surface area contributed by atoms with Crippen LogP contribution in [-0.4, -0.2) is 58.9 Å². The van der Waals surface area contributed by atoms with Gasteiger partial charge in [-0.2, -0.15) is 0 Å². The van der Waals surface area contributed by atoms with Crippen LogP contribution in [-0.2, 0) is 10.2 Å². The smallest absolute Gasteiger partial charge is 0.229 e. The SMILES string of the molecule is O=C1C[C@@H](O)[C@@H]2[C@H]3C[C@@H]4N(CC[C@@]45c4ccccc4N1[C@@H]25)C[C@@H]3CCO. The average Bonchev–Trinajstić information content (AvgIpc) is 3.17. The molecule has 4 fully saturated rings. The number of para-hydroxylation sites is 1. The number of carbonyl (C=O) groups excluding carboxylic acids is 1. The Hall–Kier alpha value is -1.43. The number of rotatable bonds is 2. The summed E-state index contributed by atoms with van der Waals surface area (Å²) >= 11 is 0. The molecule has 4 heterocycles. The number of nitrogens with zero attached hydrogens (tertiary/aromatic N) is 2. The topological polar surface area (TPSA) is 64.0 Å². The molecular weight excluding hydrogens is 328 g/mol. The number of benzene rings is 1. The average molecular weight is 354 g/mol. The summed E-state index contributed by atoms with van der Waals surface area (Å²) in [5.41, 5.74) is 2.41. The lowest BCUT2D eigenvalue weighted by Crippen LogP contribution is -2.70. The maximum atomic E-state index is 13.0. The van der Waals surface area contributed by atoms with E-state index < -0.39 is 6.10 Å². The zero-order chi connectivity index (χ0) is 17.6. The molecule has 1 aromatic rings. The fourth-order valence-electron chi connectivity index (χ4n) is 7.61. The number of aliphatic hydroxyl groups is 2. The van der Waals surface area contributed by atoms with E-state index in [1.54, 1.807) is 0 Å². The van der Waals surface area contributed by atoms with E-state index >= 15 is 0 Å². The number of hydrogen-bond acceptors (Lipinski definition) is 4. The molecular formula is C21H26N2O3. The summed E-state index contributed by atoms with van der Waals surface area (Å²) in [4.78, 5) is 17.7. The summed E-state index contributed by atoms with van der Waals surface area (Å²) in [6.45, 7) is 2.31. The standard InChI is InChI=1S/C21H26N2O3/c24-8-5-12-11-22-7-6-21-14-3-1-2-4-15(14)23-18(26)10-16(25)19(20(21)23)13(12)9-17(21)22/h1-4,12-13,16-17,19-20,24-25H,5-11H2/t12-,13-,16+,17-,19-,20-,21+/m0/s1. The van der Waals surface area contributed by atoms with Gasteiger partial charge >= 0.3 is 0 Å². The Bertz CT molecular complexity index is 782. The molecule has 1 aromatic carbocycles. The molecule has 26 heavy (non-hydrogen) atoms. The molecule has 0 aromatic heterocycles. The molecule has 0 unspecified atom stereocenters. The van der Waals surface area contributed by atoms with E-state index in [0.717, 1.165) is 38.0 Å².